The Kier molecular flexibility index (Phi) is 5.51. The van der Waals surface area contributed by atoms with Gasteiger partial charge in [-0.15, -0.1) is 0 Å². The predicted molar refractivity (Wildman–Crippen MR) is 105 cm³/mol. The van der Waals surface area contributed by atoms with Gasteiger partial charge in [0.15, 0.2) is 5.03 Å². The monoisotopic (exact) mass is 383 g/mol. The number of carbonyl (C=O) groups is 1. The molecule has 1 N–H and O–H groups in total. The second-order valence-electron chi connectivity index (χ2n) is 5.76. The van der Waals surface area contributed by atoms with Crippen molar-refractivity contribution in [3.63, 3.8) is 0 Å². The van der Waals surface area contributed by atoms with Crippen molar-refractivity contribution in [2.75, 3.05) is 5.75 Å². The highest BCUT2D eigenvalue weighted by Gasteiger charge is 2.11. The number of carbonyl (C=O) groups excluding carboxylic acids is 1. The van der Waals surface area contributed by atoms with Gasteiger partial charge in [0, 0.05) is 14.1 Å². The molecular weight excluding hydrogens is 366 g/mol. The smallest absolute Gasteiger partial charge is 0.272 e. The van der Waals surface area contributed by atoms with Crippen LogP contribution in [-0.4, -0.2) is 32.2 Å². The van der Waals surface area contributed by atoms with Crippen molar-refractivity contribution >= 4 is 34.7 Å². The van der Waals surface area contributed by atoms with Gasteiger partial charge in [0.1, 0.15) is 0 Å². The minimum atomic E-state index is -0.532. The zero-order chi connectivity index (χ0) is 19.4. The molecule has 3 rings (SSSR count). The Labute approximate surface area is 158 Å². The molecule has 1 aromatic heterocycles. The molecule has 8 nitrogen and oxygen atoms in total. The Morgan fingerprint density at radius 3 is 2.70 bits per heavy atom. The van der Waals surface area contributed by atoms with Crippen LogP contribution < -0.4 is 16.7 Å². The fourth-order valence-corrected chi connectivity index (χ4v) is 3.17. The summed E-state index contributed by atoms with van der Waals surface area (Å²) < 4.78 is 2.00. The van der Waals surface area contributed by atoms with Crippen LogP contribution in [0.5, 0.6) is 0 Å². The summed E-state index contributed by atoms with van der Waals surface area (Å²) >= 11 is 0.950. The standard InChI is InChI=1S/C18H17N5O3S/c1-22-17(25)16(21-23(2)18(22)26)27-11-15(24)20-19-10-12-7-8-13-5-3-4-6-14(13)9-12/h3-10H,11H2,1-2H3,(H,20,24)/b19-10-. The van der Waals surface area contributed by atoms with Gasteiger partial charge in [0.2, 0.25) is 5.91 Å². The van der Waals surface area contributed by atoms with Crippen LogP contribution in [0.4, 0.5) is 0 Å². The summed E-state index contributed by atoms with van der Waals surface area (Å²) in [6.07, 6.45) is 1.55. The molecule has 138 valence electrons. The molecule has 0 saturated heterocycles. The van der Waals surface area contributed by atoms with E-state index in [0.29, 0.717) is 0 Å². The molecule has 0 atom stereocenters. The lowest BCUT2D eigenvalue weighted by atomic mass is 10.1. The number of thioether (sulfide) groups is 1. The van der Waals surface area contributed by atoms with Crippen LogP contribution in [0.1, 0.15) is 5.56 Å². The fourth-order valence-electron chi connectivity index (χ4n) is 2.39. The zero-order valence-corrected chi connectivity index (χ0v) is 15.6. The van der Waals surface area contributed by atoms with Crippen LogP contribution in [0.15, 0.2) is 62.2 Å². The number of hydrazone groups is 1. The first kappa shape index (κ1) is 18.6. The van der Waals surface area contributed by atoms with E-state index in [2.05, 4.69) is 15.6 Å². The van der Waals surface area contributed by atoms with Gasteiger partial charge in [0.25, 0.3) is 5.56 Å². The lowest BCUT2D eigenvalue weighted by Crippen LogP contribution is -2.39. The van der Waals surface area contributed by atoms with Gasteiger partial charge in [-0.05, 0) is 22.4 Å². The lowest BCUT2D eigenvalue weighted by molar-refractivity contribution is -0.118. The summed E-state index contributed by atoms with van der Waals surface area (Å²) in [5, 5.41) is 10.1. The Morgan fingerprint density at radius 2 is 1.93 bits per heavy atom. The number of nitrogens with one attached hydrogen (secondary N) is 1. The van der Waals surface area contributed by atoms with Crippen molar-refractivity contribution in [1.82, 2.24) is 19.8 Å². The van der Waals surface area contributed by atoms with Crippen LogP contribution in [-0.2, 0) is 18.9 Å². The first-order valence-electron chi connectivity index (χ1n) is 8.03. The van der Waals surface area contributed by atoms with Crippen molar-refractivity contribution in [2.45, 2.75) is 5.03 Å². The minimum Gasteiger partial charge on any atom is -0.272 e. The fraction of sp³-hybridized carbons (Fsp3) is 0.167. The van der Waals surface area contributed by atoms with Crippen LogP contribution in [0.3, 0.4) is 0 Å². The highest BCUT2D eigenvalue weighted by molar-refractivity contribution is 7.99. The summed E-state index contributed by atoms with van der Waals surface area (Å²) in [4.78, 5) is 35.5. The number of benzene rings is 2. The van der Waals surface area contributed by atoms with E-state index in [1.165, 1.54) is 14.1 Å². The van der Waals surface area contributed by atoms with Crippen molar-refractivity contribution in [2.24, 2.45) is 19.2 Å². The number of amides is 1. The molecule has 9 heteroatoms. The Bertz CT molecular complexity index is 1150. The van der Waals surface area contributed by atoms with Crippen molar-refractivity contribution in [1.29, 1.82) is 0 Å². The van der Waals surface area contributed by atoms with Crippen molar-refractivity contribution in [3.05, 3.63) is 68.9 Å². The van der Waals surface area contributed by atoms with Crippen LogP contribution >= 0.6 is 11.8 Å². The topological polar surface area (TPSA) is 98.3 Å². The summed E-state index contributed by atoms with van der Waals surface area (Å²) in [5.74, 6) is -0.426. The van der Waals surface area contributed by atoms with Crippen molar-refractivity contribution < 1.29 is 4.79 Å². The molecule has 0 aliphatic rings. The summed E-state index contributed by atoms with van der Waals surface area (Å²) in [7, 11) is 2.81. The third-order valence-electron chi connectivity index (χ3n) is 3.81. The average molecular weight is 383 g/mol. The SMILES string of the molecule is Cn1nc(SCC(=O)N/N=C\c2ccc3ccccc3c2)c(=O)n(C)c1=O. The number of aryl methyl sites for hydroxylation is 1. The molecule has 0 saturated carbocycles. The third-order valence-corrected chi connectivity index (χ3v) is 4.74. The van der Waals surface area contributed by atoms with E-state index in [0.717, 1.165) is 37.3 Å². The molecule has 2 aromatic carbocycles. The van der Waals surface area contributed by atoms with Gasteiger partial charge in [-0.3, -0.25) is 14.2 Å². The van der Waals surface area contributed by atoms with E-state index >= 15 is 0 Å². The summed E-state index contributed by atoms with van der Waals surface area (Å²) in [5.41, 5.74) is 2.22. The number of rotatable bonds is 5. The van der Waals surface area contributed by atoms with Gasteiger partial charge in [-0.1, -0.05) is 48.2 Å². The number of nitrogens with zero attached hydrogens (tertiary/aromatic N) is 4. The second kappa shape index (κ2) is 8.00. The molecule has 0 aliphatic heterocycles. The molecule has 0 aliphatic carbocycles. The molecule has 0 spiro atoms. The Morgan fingerprint density at radius 1 is 1.19 bits per heavy atom. The van der Waals surface area contributed by atoms with Gasteiger partial charge >= 0.3 is 5.69 Å². The van der Waals surface area contributed by atoms with E-state index in [1.807, 2.05) is 42.5 Å². The Hall–Kier alpha value is -3.20. The molecule has 0 unspecified atom stereocenters. The second-order valence-corrected chi connectivity index (χ2v) is 6.73. The third kappa shape index (κ3) is 4.32. The highest BCUT2D eigenvalue weighted by atomic mass is 32.2. The maximum absolute atomic E-state index is 12.0. The number of hydrogen-bond donors (Lipinski definition) is 1. The van der Waals surface area contributed by atoms with Crippen LogP contribution in [0, 0.1) is 0 Å². The van der Waals surface area contributed by atoms with E-state index in [4.69, 9.17) is 0 Å². The predicted octanol–water partition coefficient (Wildman–Crippen LogP) is 0.875. The van der Waals surface area contributed by atoms with Gasteiger partial charge in [0.05, 0.1) is 12.0 Å². The molecule has 0 bridgehead atoms. The zero-order valence-electron chi connectivity index (χ0n) is 14.7. The molecule has 3 aromatic rings. The van der Waals surface area contributed by atoms with E-state index in [9.17, 15) is 14.4 Å². The number of aromatic nitrogens is 3. The lowest BCUT2D eigenvalue weighted by Gasteiger charge is -2.04. The maximum Gasteiger partial charge on any atom is 0.346 e. The van der Waals surface area contributed by atoms with Crippen molar-refractivity contribution in [3.8, 4) is 0 Å². The maximum atomic E-state index is 12.0. The van der Waals surface area contributed by atoms with Gasteiger partial charge < -0.3 is 0 Å². The highest BCUT2D eigenvalue weighted by Crippen LogP contribution is 2.14. The average Bonchev–Trinajstić information content (AvgIpc) is 2.68. The normalized spacial score (nSPS) is 11.2. The molecule has 0 fully saturated rings. The first-order chi connectivity index (χ1) is 13.0. The molecule has 1 amide bonds. The van der Waals surface area contributed by atoms with Crippen LogP contribution in [0.25, 0.3) is 10.8 Å². The summed E-state index contributed by atoms with van der Waals surface area (Å²) in [6.45, 7) is 0. The minimum absolute atomic E-state index is 0.0461. The van der Waals surface area contributed by atoms with Gasteiger partial charge in [-0.2, -0.15) is 10.2 Å². The Balaban J connectivity index is 1.60. The van der Waals surface area contributed by atoms with E-state index in [-0.39, 0.29) is 16.7 Å². The van der Waals surface area contributed by atoms with E-state index in [1.54, 1.807) is 6.21 Å². The molecule has 27 heavy (non-hydrogen) atoms. The quantitative estimate of drug-likeness (QED) is 0.401. The first-order valence-corrected chi connectivity index (χ1v) is 9.02. The summed E-state index contributed by atoms with van der Waals surface area (Å²) in [6, 6.07) is 13.8. The van der Waals surface area contributed by atoms with E-state index < -0.39 is 11.2 Å². The largest absolute Gasteiger partial charge is 0.346 e. The molecule has 1 heterocycles. The molecule has 0 radical (unpaired) electrons. The van der Waals surface area contributed by atoms with Crippen LogP contribution in [0.2, 0.25) is 0 Å². The molecular formula is C18H17N5O3S. The van der Waals surface area contributed by atoms with Gasteiger partial charge in [-0.25, -0.2) is 14.9 Å². The number of fused-ring (bicyclic) bond motifs is 1. The number of hydrogen-bond acceptors (Lipinski definition) is 6.